The quantitative estimate of drug-likeness (QED) is 0.822. The summed E-state index contributed by atoms with van der Waals surface area (Å²) in [4.78, 5) is 12.0. The molecule has 0 aliphatic heterocycles. The van der Waals surface area contributed by atoms with E-state index in [9.17, 15) is 4.79 Å². The normalized spacial score (nSPS) is 12.2. The molecule has 1 aromatic carbocycles. The second-order valence-corrected chi connectivity index (χ2v) is 4.49. The third-order valence-electron chi connectivity index (χ3n) is 3.02. The Hall–Kier alpha value is -1.35. The zero-order chi connectivity index (χ0) is 12.8. The third kappa shape index (κ3) is 3.86. The Morgan fingerprint density at radius 2 is 2.12 bits per heavy atom. The van der Waals surface area contributed by atoms with Crippen molar-refractivity contribution in [2.24, 2.45) is 0 Å². The lowest BCUT2D eigenvalue weighted by atomic mass is 10.0. The smallest absolute Gasteiger partial charge is 0.251 e. The Kier molecular flexibility index (Phi) is 5.16. The molecule has 1 unspecified atom stereocenters. The molecular weight excluding hydrogens is 214 g/mol. The molecule has 0 aliphatic carbocycles. The number of hydrogen-bond acceptors (Lipinski definition) is 2. The van der Waals surface area contributed by atoms with E-state index in [-0.39, 0.29) is 18.6 Å². The Balaban J connectivity index is 2.67. The van der Waals surface area contributed by atoms with Crippen LogP contribution in [-0.4, -0.2) is 23.7 Å². The minimum Gasteiger partial charge on any atom is -0.396 e. The van der Waals surface area contributed by atoms with Gasteiger partial charge in [-0.3, -0.25) is 4.79 Å². The van der Waals surface area contributed by atoms with Gasteiger partial charge in [0.15, 0.2) is 0 Å². The van der Waals surface area contributed by atoms with Crippen LogP contribution in [0.4, 0.5) is 0 Å². The molecule has 0 fully saturated rings. The number of hydrogen-bond donors (Lipinski definition) is 2. The van der Waals surface area contributed by atoms with Gasteiger partial charge in [0, 0.05) is 18.2 Å². The van der Waals surface area contributed by atoms with Crippen molar-refractivity contribution in [2.75, 3.05) is 6.61 Å². The summed E-state index contributed by atoms with van der Waals surface area (Å²) in [7, 11) is 0. The Morgan fingerprint density at radius 3 is 2.76 bits per heavy atom. The highest BCUT2D eigenvalue weighted by Gasteiger charge is 2.12. The first kappa shape index (κ1) is 13.7. The van der Waals surface area contributed by atoms with Crippen molar-refractivity contribution in [2.45, 2.75) is 39.7 Å². The van der Waals surface area contributed by atoms with Gasteiger partial charge in [-0.25, -0.2) is 0 Å². The van der Waals surface area contributed by atoms with Gasteiger partial charge in [0.2, 0.25) is 0 Å². The molecular formula is C14H21NO2. The van der Waals surface area contributed by atoms with Gasteiger partial charge in [0.05, 0.1) is 0 Å². The van der Waals surface area contributed by atoms with Gasteiger partial charge in [-0.15, -0.1) is 0 Å². The lowest BCUT2D eigenvalue weighted by Crippen LogP contribution is -2.33. The summed E-state index contributed by atoms with van der Waals surface area (Å²) in [5.74, 6) is -0.0309. The minimum absolute atomic E-state index is 0.0309. The largest absolute Gasteiger partial charge is 0.396 e. The fourth-order valence-corrected chi connectivity index (χ4v) is 1.77. The Morgan fingerprint density at radius 1 is 1.41 bits per heavy atom. The van der Waals surface area contributed by atoms with E-state index >= 15 is 0 Å². The molecule has 1 atom stereocenters. The maximum atomic E-state index is 12.0. The molecule has 0 aromatic heterocycles. The number of carbonyl (C=O) groups is 1. The number of rotatable bonds is 5. The number of amides is 1. The van der Waals surface area contributed by atoms with E-state index in [4.69, 9.17) is 5.11 Å². The molecule has 0 heterocycles. The summed E-state index contributed by atoms with van der Waals surface area (Å²) >= 11 is 0. The van der Waals surface area contributed by atoms with Crippen molar-refractivity contribution in [1.29, 1.82) is 0 Å². The molecule has 0 spiro atoms. The van der Waals surface area contributed by atoms with Crippen molar-refractivity contribution in [3.8, 4) is 0 Å². The molecule has 3 heteroatoms. The van der Waals surface area contributed by atoms with Crippen molar-refractivity contribution < 1.29 is 9.90 Å². The van der Waals surface area contributed by atoms with Gasteiger partial charge >= 0.3 is 0 Å². The van der Waals surface area contributed by atoms with E-state index in [1.165, 1.54) is 0 Å². The van der Waals surface area contributed by atoms with Crippen molar-refractivity contribution >= 4 is 5.91 Å². The molecule has 17 heavy (non-hydrogen) atoms. The van der Waals surface area contributed by atoms with Crippen LogP contribution in [0, 0.1) is 13.8 Å². The van der Waals surface area contributed by atoms with Crippen LogP contribution in [0.5, 0.6) is 0 Å². The monoisotopic (exact) mass is 235 g/mol. The van der Waals surface area contributed by atoms with E-state index < -0.39 is 0 Å². The van der Waals surface area contributed by atoms with Crippen LogP contribution >= 0.6 is 0 Å². The molecule has 1 rings (SSSR count). The summed E-state index contributed by atoms with van der Waals surface area (Å²) in [5.41, 5.74) is 2.89. The Labute approximate surface area is 103 Å². The lowest BCUT2D eigenvalue weighted by Gasteiger charge is -2.15. The summed E-state index contributed by atoms with van der Waals surface area (Å²) in [6, 6.07) is 5.84. The van der Waals surface area contributed by atoms with Crippen molar-refractivity contribution in [1.82, 2.24) is 5.32 Å². The second-order valence-electron chi connectivity index (χ2n) is 4.49. The molecule has 1 amide bonds. The van der Waals surface area contributed by atoms with E-state index in [1.54, 1.807) is 0 Å². The summed E-state index contributed by atoms with van der Waals surface area (Å²) in [6.07, 6.45) is 1.52. The van der Waals surface area contributed by atoms with Gasteiger partial charge in [0.1, 0.15) is 0 Å². The summed E-state index contributed by atoms with van der Waals surface area (Å²) in [6.45, 7) is 6.09. The topological polar surface area (TPSA) is 49.3 Å². The van der Waals surface area contributed by atoms with Crippen molar-refractivity contribution in [3.05, 3.63) is 34.9 Å². The second kappa shape index (κ2) is 6.40. The van der Waals surface area contributed by atoms with E-state index in [1.807, 2.05) is 39.0 Å². The summed E-state index contributed by atoms with van der Waals surface area (Å²) in [5, 5.41) is 11.7. The standard InChI is InChI=1S/C14H21NO2/c1-10-6-4-8-13(12(10)3)14(17)15-11(2)7-5-9-16/h4,6,8,11,16H,5,7,9H2,1-3H3,(H,15,17). The molecule has 0 saturated carbocycles. The zero-order valence-corrected chi connectivity index (χ0v) is 10.8. The molecule has 0 radical (unpaired) electrons. The average molecular weight is 235 g/mol. The van der Waals surface area contributed by atoms with Crippen LogP contribution in [0.25, 0.3) is 0 Å². The molecule has 2 N–H and O–H groups in total. The highest BCUT2D eigenvalue weighted by atomic mass is 16.2. The third-order valence-corrected chi connectivity index (χ3v) is 3.02. The first-order valence-electron chi connectivity index (χ1n) is 6.04. The zero-order valence-electron chi connectivity index (χ0n) is 10.8. The molecule has 0 saturated heterocycles. The van der Waals surface area contributed by atoms with E-state index in [0.29, 0.717) is 6.42 Å². The number of benzene rings is 1. The fourth-order valence-electron chi connectivity index (χ4n) is 1.77. The minimum atomic E-state index is -0.0309. The van der Waals surface area contributed by atoms with Crippen LogP contribution in [0.1, 0.15) is 41.3 Å². The maximum absolute atomic E-state index is 12.0. The first-order chi connectivity index (χ1) is 8.06. The molecule has 3 nitrogen and oxygen atoms in total. The van der Waals surface area contributed by atoms with Gasteiger partial charge in [-0.2, -0.15) is 0 Å². The van der Waals surface area contributed by atoms with Gasteiger partial charge in [-0.05, 0) is 50.8 Å². The van der Waals surface area contributed by atoms with Crippen molar-refractivity contribution in [3.63, 3.8) is 0 Å². The van der Waals surface area contributed by atoms with Crippen LogP contribution in [0.3, 0.4) is 0 Å². The SMILES string of the molecule is Cc1cccc(C(=O)NC(C)CCCO)c1C. The highest BCUT2D eigenvalue weighted by Crippen LogP contribution is 2.12. The van der Waals surface area contributed by atoms with Crippen LogP contribution in [0.15, 0.2) is 18.2 Å². The molecule has 1 aromatic rings. The highest BCUT2D eigenvalue weighted by molar-refractivity contribution is 5.96. The Bertz CT molecular complexity index is 388. The molecule has 94 valence electrons. The summed E-state index contributed by atoms with van der Waals surface area (Å²) < 4.78 is 0. The average Bonchev–Trinajstić information content (AvgIpc) is 2.29. The number of aliphatic hydroxyl groups is 1. The van der Waals surface area contributed by atoms with Crippen LogP contribution in [-0.2, 0) is 0 Å². The number of nitrogens with one attached hydrogen (secondary N) is 1. The van der Waals surface area contributed by atoms with E-state index in [0.717, 1.165) is 23.1 Å². The number of aliphatic hydroxyl groups excluding tert-OH is 1. The van der Waals surface area contributed by atoms with E-state index in [2.05, 4.69) is 5.32 Å². The van der Waals surface area contributed by atoms with Gasteiger partial charge < -0.3 is 10.4 Å². The number of carbonyl (C=O) groups excluding carboxylic acids is 1. The molecule has 0 bridgehead atoms. The predicted molar refractivity (Wildman–Crippen MR) is 69.2 cm³/mol. The van der Waals surface area contributed by atoms with Crippen LogP contribution < -0.4 is 5.32 Å². The molecule has 0 aliphatic rings. The van der Waals surface area contributed by atoms with Gasteiger partial charge in [-0.1, -0.05) is 12.1 Å². The fraction of sp³-hybridized carbons (Fsp3) is 0.500. The number of aryl methyl sites for hydroxylation is 1. The predicted octanol–water partition coefficient (Wildman–Crippen LogP) is 2.19. The maximum Gasteiger partial charge on any atom is 0.251 e. The lowest BCUT2D eigenvalue weighted by molar-refractivity contribution is 0.0935. The first-order valence-corrected chi connectivity index (χ1v) is 6.04. The van der Waals surface area contributed by atoms with Crippen LogP contribution in [0.2, 0.25) is 0 Å². The van der Waals surface area contributed by atoms with Gasteiger partial charge in [0.25, 0.3) is 5.91 Å².